The zero-order valence-electron chi connectivity index (χ0n) is 11.7. The molecule has 0 bridgehead atoms. The number of fused-ring (bicyclic) bond motifs is 1. The van der Waals surface area contributed by atoms with E-state index in [0.717, 1.165) is 22.9 Å². The molecular weight excluding hydrogens is 280 g/mol. The number of hydrogen-bond donors (Lipinski definition) is 2. The van der Waals surface area contributed by atoms with Gasteiger partial charge in [-0.2, -0.15) is 0 Å². The Morgan fingerprint density at radius 3 is 2.59 bits per heavy atom. The van der Waals surface area contributed by atoms with E-state index in [-0.39, 0.29) is 5.56 Å². The highest BCUT2D eigenvalue weighted by Crippen LogP contribution is 2.22. The highest BCUT2D eigenvalue weighted by atomic mass is 16.4. The predicted octanol–water partition coefficient (Wildman–Crippen LogP) is 3.03. The number of carbonyl (C=O) groups is 2. The molecule has 22 heavy (non-hydrogen) atoms. The van der Waals surface area contributed by atoms with Gasteiger partial charge in [-0.15, -0.1) is 0 Å². The molecule has 5 heteroatoms. The molecule has 3 aromatic rings. The Morgan fingerprint density at radius 2 is 1.91 bits per heavy atom. The summed E-state index contributed by atoms with van der Waals surface area (Å²) in [5.74, 6) is -0.985. The van der Waals surface area contributed by atoms with Crippen molar-refractivity contribution in [3.63, 3.8) is 0 Å². The first-order valence-electron chi connectivity index (χ1n) is 6.79. The Bertz CT molecular complexity index is 821. The third kappa shape index (κ3) is 2.56. The maximum absolute atomic E-state index is 11.4. The molecule has 0 saturated carbocycles. The molecule has 3 rings (SSSR count). The van der Waals surface area contributed by atoms with Gasteiger partial charge in [-0.3, -0.25) is 4.79 Å². The summed E-state index contributed by atoms with van der Waals surface area (Å²) in [5, 5.41) is 9.98. The van der Waals surface area contributed by atoms with Crippen molar-refractivity contribution in [2.45, 2.75) is 6.54 Å². The standard InChI is InChI=1S/C17H14N2O3/c20-11-19(14-6-4-12(5-7-14)17(21)22)10-13-2-1-3-16-15(13)8-9-18-16/h1-9,11,18H,10H2,(H,21,22). The van der Waals surface area contributed by atoms with E-state index in [1.54, 1.807) is 17.0 Å². The number of aromatic amines is 1. The summed E-state index contributed by atoms with van der Waals surface area (Å²) in [4.78, 5) is 27.0. The highest BCUT2D eigenvalue weighted by molar-refractivity contribution is 5.89. The second-order valence-electron chi connectivity index (χ2n) is 4.94. The van der Waals surface area contributed by atoms with Crippen LogP contribution in [-0.2, 0) is 11.3 Å². The molecule has 0 radical (unpaired) electrons. The molecule has 0 atom stereocenters. The van der Waals surface area contributed by atoms with Crippen molar-refractivity contribution in [2.24, 2.45) is 0 Å². The lowest BCUT2D eigenvalue weighted by Gasteiger charge is -2.18. The molecule has 110 valence electrons. The van der Waals surface area contributed by atoms with E-state index in [9.17, 15) is 9.59 Å². The van der Waals surface area contributed by atoms with Crippen LogP contribution in [0, 0.1) is 0 Å². The molecule has 0 saturated heterocycles. The van der Waals surface area contributed by atoms with E-state index in [2.05, 4.69) is 4.98 Å². The second kappa shape index (κ2) is 5.73. The van der Waals surface area contributed by atoms with E-state index in [1.807, 2.05) is 30.5 Å². The van der Waals surface area contributed by atoms with Gasteiger partial charge in [0.25, 0.3) is 0 Å². The summed E-state index contributed by atoms with van der Waals surface area (Å²) in [6.45, 7) is 0.422. The lowest BCUT2D eigenvalue weighted by molar-refractivity contribution is -0.107. The number of nitrogens with one attached hydrogen (secondary N) is 1. The zero-order chi connectivity index (χ0) is 15.5. The molecule has 2 N–H and O–H groups in total. The number of nitrogens with zero attached hydrogens (tertiary/aromatic N) is 1. The van der Waals surface area contributed by atoms with Crippen LogP contribution in [-0.4, -0.2) is 22.5 Å². The molecule has 0 spiro atoms. The van der Waals surface area contributed by atoms with Crippen molar-refractivity contribution in [1.82, 2.24) is 4.98 Å². The minimum Gasteiger partial charge on any atom is -0.478 e. The van der Waals surface area contributed by atoms with Crippen molar-refractivity contribution >= 4 is 29.0 Å². The number of rotatable bonds is 5. The van der Waals surface area contributed by atoms with Crippen molar-refractivity contribution < 1.29 is 14.7 Å². The summed E-state index contributed by atoms with van der Waals surface area (Å²) in [5.41, 5.74) is 2.90. The van der Waals surface area contributed by atoms with Crippen molar-refractivity contribution in [2.75, 3.05) is 4.90 Å². The van der Waals surface area contributed by atoms with Gasteiger partial charge in [0.2, 0.25) is 6.41 Å². The van der Waals surface area contributed by atoms with E-state index >= 15 is 0 Å². The largest absolute Gasteiger partial charge is 0.478 e. The van der Waals surface area contributed by atoms with Gasteiger partial charge in [-0.25, -0.2) is 4.79 Å². The van der Waals surface area contributed by atoms with E-state index in [1.165, 1.54) is 12.1 Å². The average molecular weight is 294 g/mol. The molecular formula is C17H14N2O3. The number of carboxylic acid groups (broad SMARTS) is 1. The number of carbonyl (C=O) groups excluding carboxylic acids is 1. The summed E-state index contributed by atoms with van der Waals surface area (Å²) in [6, 6.07) is 14.1. The topological polar surface area (TPSA) is 73.4 Å². The van der Waals surface area contributed by atoms with E-state index < -0.39 is 5.97 Å². The van der Waals surface area contributed by atoms with Gasteiger partial charge >= 0.3 is 5.97 Å². The number of amides is 1. The van der Waals surface area contributed by atoms with Crippen LogP contribution >= 0.6 is 0 Å². The molecule has 0 unspecified atom stereocenters. The molecule has 1 heterocycles. The number of anilines is 1. The first-order valence-corrected chi connectivity index (χ1v) is 6.79. The minimum absolute atomic E-state index is 0.197. The van der Waals surface area contributed by atoms with Crippen molar-refractivity contribution in [1.29, 1.82) is 0 Å². The Labute approximate surface area is 126 Å². The molecule has 2 aromatic carbocycles. The normalized spacial score (nSPS) is 10.5. The number of aromatic carboxylic acids is 1. The summed E-state index contributed by atoms with van der Waals surface area (Å²) in [6.07, 6.45) is 2.61. The van der Waals surface area contributed by atoms with Gasteiger partial charge in [-0.1, -0.05) is 12.1 Å². The number of H-pyrrole nitrogens is 1. The van der Waals surface area contributed by atoms with Crippen LogP contribution in [0.4, 0.5) is 5.69 Å². The van der Waals surface area contributed by atoms with Crippen LogP contribution in [0.1, 0.15) is 15.9 Å². The Kier molecular flexibility index (Phi) is 3.62. The Balaban J connectivity index is 1.90. The number of hydrogen-bond acceptors (Lipinski definition) is 2. The fraction of sp³-hybridized carbons (Fsp3) is 0.0588. The monoisotopic (exact) mass is 294 g/mol. The fourth-order valence-electron chi connectivity index (χ4n) is 2.46. The molecule has 0 aliphatic rings. The molecule has 1 aromatic heterocycles. The lowest BCUT2D eigenvalue weighted by atomic mass is 10.1. The van der Waals surface area contributed by atoms with Gasteiger partial charge in [0, 0.05) is 22.8 Å². The molecule has 0 aliphatic heterocycles. The van der Waals surface area contributed by atoms with Crippen molar-refractivity contribution in [3.8, 4) is 0 Å². The van der Waals surface area contributed by atoms with Crippen LogP contribution < -0.4 is 4.90 Å². The van der Waals surface area contributed by atoms with Crippen LogP contribution in [0.25, 0.3) is 10.9 Å². The molecule has 0 fully saturated rings. The quantitative estimate of drug-likeness (QED) is 0.710. The predicted molar refractivity (Wildman–Crippen MR) is 83.9 cm³/mol. The van der Waals surface area contributed by atoms with Gasteiger partial charge in [0.1, 0.15) is 0 Å². The minimum atomic E-state index is -0.985. The molecule has 5 nitrogen and oxygen atoms in total. The number of carboxylic acids is 1. The van der Waals surface area contributed by atoms with Crippen LogP contribution in [0.2, 0.25) is 0 Å². The van der Waals surface area contributed by atoms with Gasteiger partial charge in [-0.05, 0) is 42.0 Å². The Morgan fingerprint density at radius 1 is 1.14 bits per heavy atom. The first kappa shape index (κ1) is 13.9. The number of benzene rings is 2. The smallest absolute Gasteiger partial charge is 0.335 e. The molecule has 1 amide bonds. The van der Waals surface area contributed by atoms with Gasteiger partial charge < -0.3 is 15.0 Å². The van der Waals surface area contributed by atoms with Gasteiger partial charge in [0.05, 0.1) is 12.1 Å². The van der Waals surface area contributed by atoms with Crippen LogP contribution in [0.3, 0.4) is 0 Å². The average Bonchev–Trinajstić information content (AvgIpc) is 3.02. The summed E-state index contributed by atoms with van der Waals surface area (Å²) < 4.78 is 0. The fourth-order valence-corrected chi connectivity index (χ4v) is 2.46. The summed E-state index contributed by atoms with van der Waals surface area (Å²) >= 11 is 0. The third-order valence-electron chi connectivity index (χ3n) is 3.60. The SMILES string of the molecule is O=CN(Cc1cccc2[nH]ccc12)c1ccc(C(=O)O)cc1. The van der Waals surface area contributed by atoms with Crippen molar-refractivity contribution in [3.05, 3.63) is 65.9 Å². The van der Waals surface area contributed by atoms with E-state index in [0.29, 0.717) is 12.2 Å². The maximum Gasteiger partial charge on any atom is 0.335 e. The second-order valence-corrected chi connectivity index (χ2v) is 4.94. The van der Waals surface area contributed by atoms with Crippen LogP contribution in [0.5, 0.6) is 0 Å². The summed E-state index contributed by atoms with van der Waals surface area (Å²) in [7, 11) is 0. The first-order chi connectivity index (χ1) is 10.7. The lowest BCUT2D eigenvalue weighted by Crippen LogP contribution is -2.20. The third-order valence-corrected chi connectivity index (χ3v) is 3.60. The number of aromatic nitrogens is 1. The van der Waals surface area contributed by atoms with Crippen LogP contribution in [0.15, 0.2) is 54.7 Å². The molecule has 0 aliphatic carbocycles. The van der Waals surface area contributed by atoms with E-state index in [4.69, 9.17) is 5.11 Å². The maximum atomic E-state index is 11.4. The zero-order valence-corrected chi connectivity index (χ0v) is 11.7. The highest BCUT2D eigenvalue weighted by Gasteiger charge is 2.10. The van der Waals surface area contributed by atoms with Gasteiger partial charge in [0.15, 0.2) is 0 Å². The Hall–Kier alpha value is -3.08.